The fraction of sp³-hybridized carbons (Fsp3) is 0.182. The monoisotopic (exact) mass is 311 g/mol. The molecule has 20 heavy (non-hydrogen) atoms. The fourth-order valence-electron chi connectivity index (χ4n) is 1.51. The number of hydrogen-bond acceptors (Lipinski definition) is 5. The van der Waals surface area contributed by atoms with Gasteiger partial charge in [-0.15, -0.1) is 5.10 Å². The van der Waals surface area contributed by atoms with Gasteiger partial charge in [0.2, 0.25) is 10.0 Å². The number of benzene rings is 1. The summed E-state index contributed by atoms with van der Waals surface area (Å²) in [5.74, 6) is 0. The summed E-state index contributed by atoms with van der Waals surface area (Å²) >= 11 is 5.87. The van der Waals surface area contributed by atoms with E-state index in [0.29, 0.717) is 12.1 Å². The van der Waals surface area contributed by atoms with Crippen LogP contribution in [0.5, 0.6) is 0 Å². The van der Waals surface area contributed by atoms with E-state index < -0.39 is 10.0 Å². The van der Waals surface area contributed by atoms with Gasteiger partial charge < -0.3 is 0 Å². The van der Waals surface area contributed by atoms with E-state index in [1.54, 1.807) is 6.20 Å². The van der Waals surface area contributed by atoms with Crippen LogP contribution in [0, 0.1) is 11.3 Å². The van der Waals surface area contributed by atoms with Crippen molar-refractivity contribution in [2.45, 2.75) is 11.4 Å². The fourth-order valence-corrected chi connectivity index (χ4v) is 3.08. The highest BCUT2D eigenvalue weighted by Gasteiger charge is 2.17. The second-order valence-corrected chi connectivity index (χ2v) is 5.96. The Kier molecular flexibility index (Phi) is 4.34. The molecule has 0 unspecified atom stereocenters. The molecule has 0 bridgehead atoms. The van der Waals surface area contributed by atoms with E-state index in [2.05, 4.69) is 15.0 Å². The van der Waals surface area contributed by atoms with E-state index in [1.165, 1.54) is 29.1 Å². The second-order valence-electron chi connectivity index (χ2n) is 3.82. The summed E-state index contributed by atoms with van der Waals surface area (Å²) in [4.78, 5) is -0.0586. The van der Waals surface area contributed by atoms with Crippen LogP contribution in [0.3, 0.4) is 0 Å². The minimum atomic E-state index is -3.72. The summed E-state index contributed by atoms with van der Waals surface area (Å²) in [6.07, 6.45) is 3.13. The van der Waals surface area contributed by atoms with E-state index in [9.17, 15) is 8.42 Å². The lowest BCUT2D eigenvalue weighted by Crippen LogP contribution is -2.27. The normalized spacial score (nSPS) is 11.2. The van der Waals surface area contributed by atoms with E-state index in [4.69, 9.17) is 16.9 Å². The number of aromatic nitrogens is 3. The molecule has 104 valence electrons. The second kappa shape index (κ2) is 6.00. The van der Waals surface area contributed by atoms with Crippen LogP contribution >= 0.6 is 11.6 Å². The SMILES string of the molecule is N#Cc1ccc(S(=O)(=O)NCCn2ccnn2)c(Cl)c1. The molecular formula is C11H10ClN5O2S. The van der Waals surface area contributed by atoms with Crippen LogP contribution in [-0.2, 0) is 16.6 Å². The number of nitrogens with one attached hydrogen (secondary N) is 1. The van der Waals surface area contributed by atoms with Crippen molar-refractivity contribution in [2.24, 2.45) is 0 Å². The summed E-state index contributed by atoms with van der Waals surface area (Å²) in [6, 6.07) is 5.91. The Bertz CT molecular complexity index is 737. The van der Waals surface area contributed by atoms with Gasteiger partial charge in [0.05, 0.1) is 29.4 Å². The van der Waals surface area contributed by atoms with Gasteiger partial charge in [0.1, 0.15) is 4.90 Å². The summed E-state index contributed by atoms with van der Waals surface area (Å²) < 4.78 is 28.0. The topological polar surface area (TPSA) is 101 Å². The molecule has 1 aromatic heterocycles. The van der Waals surface area contributed by atoms with Crippen LogP contribution < -0.4 is 4.72 Å². The Morgan fingerprint density at radius 3 is 2.85 bits per heavy atom. The number of hydrogen-bond donors (Lipinski definition) is 1. The average molecular weight is 312 g/mol. The summed E-state index contributed by atoms with van der Waals surface area (Å²) in [5.41, 5.74) is 0.302. The minimum absolute atomic E-state index is 0.0114. The maximum absolute atomic E-state index is 12.1. The molecule has 0 amide bonds. The van der Waals surface area contributed by atoms with Crippen molar-refractivity contribution in [1.29, 1.82) is 5.26 Å². The predicted molar refractivity (Wildman–Crippen MR) is 71.4 cm³/mol. The minimum Gasteiger partial charge on any atom is -0.251 e. The number of sulfonamides is 1. The van der Waals surface area contributed by atoms with Crippen LogP contribution in [0.4, 0.5) is 0 Å². The van der Waals surface area contributed by atoms with E-state index >= 15 is 0 Å². The van der Waals surface area contributed by atoms with Gasteiger partial charge in [-0.1, -0.05) is 16.8 Å². The maximum Gasteiger partial charge on any atom is 0.242 e. The molecule has 7 nitrogen and oxygen atoms in total. The molecule has 9 heteroatoms. The van der Waals surface area contributed by atoms with Gasteiger partial charge in [-0.25, -0.2) is 13.1 Å². The smallest absolute Gasteiger partial charge is 0.242 e. The molecular weight excluding hydrogens is 302 g/mol. The van der Waals surface area contributed by atoms with Crippen molar-refractivity contribution in [3.05, 3.63) is 41.2 Å². The Balaban J connectivity index is 2.08. The molecule has 0 atom stereocenters. The highest BCUT2D eigenvalue weighted by molar-refractivity contribution is 7.89. The van der Waals surface area contributed by atoms with Crippen molar-refractivity contribution in [2.75, 3.05) is 6.54 Å². The largest absolute Gasteiger partial charge is 0.251 e. The van der Waals surface area contributed by atoms with Gasteiger partial charge in [-0.05, 0) is 18.2 Å². The van der Waals surface area contributed by atoms with Crippen molar-refractivity contribution < 1.29 is 8.42 Å². The highest BCUT2D eigenvalue weighted by atomic mass is 35.5. The maximum atomic E-state index is 12.1. The van der Waals surface area contributed by atoms with Crippen molar-refractivity contribution in [3.8, 4) is 6.07 Å². The lowest BCUT2D eigenvalue weighted by atomic mass is 10.2. The summed E-state index contributed by atoms with van der Waals surface area (Å²) in [5, 5.41) is 16.1. The molecule has 1 heterocycles. The molecule has 1 N–H and O–H groups in total. The van der Waals surface area contributed by atoms with Gasteiger partial charge in [0.15, 0.2) is 0 Å². The average Bonchev–Trinajstić information content (AvgIpc) is 2.91. The van der Waals surface area contributed by atoms with Crippen LogP contribution in [0.2, 0.25) is 5.02 Å². The first-order valence-corrected chi connectivity index (χ1v) is 7.42. The molecule has 0 saturated carbocycles. The first-order valence-electron chi connectivity index (χ1n) is 5.56. The summed E-state index contributed by atoms with van der Waals surface area (Å²) in [7, 11) is -3.72. The first kappa shape index (κ1) is 14.5. The molecule has 0 saturated heterocycles. The molecule has 2 rings (SSSR count). The number of nitriles is 1. The Hall–Kier alpha value is -1.95. The number of rotatable bonds is 5. The van der Waals surface area contributed by atoms with Crippen LogP contribution in [0.25, 0.3) is 0 Å². The standard InChI is InChI=1S/C11H10ClN5O2S/c12-10-7-9(8-13)1-2-11(10)20(18,19)15-4-6-17-5-3-14-16-17/h1-3,5,7,15H,4,6H2. The zero-order valence-corrected chi connectivity index (χ0v) is 11.8. The Morgan fingerprint density at radius 2 is 2.25 bits per heavy atom. The number of halogens is 1. The molecule has 0 aliphatic rings. The molecule has 2 aromatic rings. The van der Waals surface area contributed by atoms with E-state index in [0.717, 1.165) is 0 Å². The van der Waals surface area contributed by atoms with Crippen molar-refractivity contribution >= 4 is 21.6 Å². The predicted octanol–water partition coefficient (Wildman–Crippen LogP) is 0.782. The van der Waals surface area contributed by atoms with Gasteiger partial charge in [0.25, 0.3) is 0 Å². The quantitative estimate of drug-likeness (QED) is 0.879. The first-order chi connectivity index (χ1) is 9.53. The van der Waals surface area contributed by atoms with Gasteiger partial charge >= 0.3 is 0 Å². The van der Waals surface area contributed by atoms with Crippen molar-refractivity contribution in [3.63, 3.8) is 0 Å². The van der Waals surface area contributed by atoms with Crippen LogP contribution in [0.1, 0.15) is 5.56 Å². The van der Waals surface area contributed by atoms with Gasteiger partial charge in [0, 0.05) is 12.7 Å². The number of nitrogens with zero attached hydrogens (tertiary/aromatic N) is 4. The summed E-state index contributed by atoms with van der Waals surface area (Å²) in [6.45, 7) is 0.509. The molecule has 1 aromatic carbocycles. The Morgan fingerprint density at radius 1 is 1.45 bits per heavy atom. The van der Waals surface area contributed by atoms with E-state index in [1.807, 2.05) is 6.07 Å². The zero-order chi connectivity index (χ0) is 14.6. The van der Waals surface area contributed by atoms with Crippen molar-refractivity contribution in [1.82, 2.24) is 19.7 Å². The molecule has 0 spiro atoms. The van der Waals surface area contributed by atoms with Gasteiger partial charge in [-0.2, -0.15) is 5.26 Å². The van der Waals surface area contributed by atoms with E-state index in [-0.39, 0.29) is 16.5 Å². The van der Waals surface area contributed by atoms with Gasteiger partial charge in [-0.3, -0.25) is 4.68 Å². The third-order valence-electron chi connectivity index (χ3n) is 2.46. The lowest BCUT2D eigenvalue weighted by molar-refractivity contribution is 0.553. The Labute approximate surface area is 120 Å². The molecule has 0 radical (unpaired) electrons. The third kappa shape index (κ3) is 3.33. The third-order valence-corrected chi connectivity index (χ3v) is 4.40. The van der Waals surface area contributed by atoms with Crippen LogP contribution in [-0.4, -0.2) is 30.0 Å². The molecule has 0 fully saturated rings. The molecule has 0 aliphatic heterocycles. The van der Waals surface area contributed by atoms with Crippen LogP contribution in [0.15, 0.2) is 35.5 Å². The lowest BCUT2D eigenvalue weighted by Gasteiger charge is -2.08. The highest BCUT2D eigenvalue weighted by Crippen LogP contribution is 2.22. The molecule has 0 aliphatic carbocycles. The zero-order valence-electron chi connectivity index (χ0n) is 10.2.